The standard InChI is InChI=1S/C14H21NO2/c1-5-12(4)15-14(16)9-17-13-7-6-10(2)11(3)8-13/h6-8,12H,5,9H2,1-4H3,(H,15,16)/t12-/m1/s1. The Labute approximate surface area is 103 Å². The monoisotopic (exact) mass is 235 g/mol. The fourth-order valence-electron chi connectivity index (χ4n) is 1.37. The Balaban J connectivity index is 2.45. The molecule has 0 aliphatic rings. The smallest absolute Gasteiger partial charge is 0.258 e. The second-order valence-corrected chi connectivity index (χ2v) is 4.41. The van der Waals surface area contributed by atoms with Crippen LogP contribution in [0, 0.1) is 13.8 Å². The van der Waals surface area contributed by atoms with Crippen LogP contribution in [-0.2, 0) is 4.79 Å². The normalized spacial score (nSPS) is 12.0. The van der Waals surface area contributed by atoms with Crippen molar-refractivity contribution < 1.29 is 9.53 Å². The van der Waals surface area contributed by atoms with Crippen LogP contribution in [0.15, 0.2) is 18.2 Å². The van der Waals surface area contributed by atoms with Crippen molar-refractivity contribution in [2.24, 2.45) is 0 Å². The molecule has 1 rings (SSSR count). The van der Waals surface area contributed by atoms with Gasteiger partial charge < -0.3 is 10.1 Å². The van der Waals surface area contributed by atoms with Gasteiger partial charge in [0.2, 0.25) is 0 Å². The van der Waals surface area contributed by atoms with E-state index in [2.05, 4.69) is 12.2 Å². The van der Waals surface area contributed by atoms with Gasteiger partial charge in [0.15, 0.2) is 6.61 Å². The summed E-state index contributed by atoms with van der Waals surface area (Å²) in [5.41, 5.74) is 2.39. The van der Waals surface area contributed by atoms with Gasteiger partial charge in [0.1, 0.15) is 5.75 Å². The summed E-state index contributed by atoms with van der Waals surface area (Å²) in [5.74, 6) is 0.671. The first-order valence-electron chi connectivity index (χ1n) is 6.02. The summed E-state index contributed by atoms with van der Waals surface area (Å²) < 4.78 is 5.44. The molecule has 3 heteroatoms. The van der Waals surface area contributed by atoms with E-state index in [0.29, 0.717) is 0 Å². The quantitative estimate of drug-likeness (QED) is 0.852. The van der Waals surface area contributed by atoms with Crippen molar-refractivity contribution in [3.05, 3.63) is 29.3 Å². The molecule has 1 atom stereocenters. The van der Waals surface area contributed by atoms with Crippen molar-refractivity contribution in [3.8, 4) is 5.75 Å². The highest BCUT2D eigenvalue weighted by Gasteiger charge is 2.06. The van der Waals surface area contributed by atoms with Crippen molar-refractivity contribution in [1.29, 1.82) is 0 Å². The van der Waals surface area contributed by atoms with Gasteiger partial charge in [-0.3, -0.25) is 4.79 Å². The minimum Gasteiger partial charge on any atom is -0.484 e. The average molecular weight is 235 g/mol. The predicted molar refractivity (Wildman–Crippen MR) is 69.3 cm³/mol. The molecular formula is C14H21NO2. The molecule has 0 bridgehead atoms. The average Bonchev–Trinajstić information content (AvgIpc) is 2.30. The number of aryl methyl sites for hydroxylation is 2. The fourth-order valence-corrected chi connectivity index (χ4v) is 1.37. The van der Waals surface area contributed by atoms with E-state index in [4.69, 9.17) is 4.74 Å². The summed E-state index contributed by atoms with van der Waals surface area (Å²) in [6.45, 7) is 8.17. The Kier molecular flexibility index (Phi) is 5.01. The summed E-state index contributed by atoms with van der Waals surface area (Å²) in [4.78, 5) is 11.5. The molecule has 0 aliphatic carbocycles. The minimum absolute atomic E-state index is 0.0717. The molecule has 0 saturated carbocycles. The van der Waals surface area contributed by atoms with Crippen LogP contribution < -0.4 is 10.1 Å². The van der Waals surface area contributed by atoms with E-state index in [1.165, 1.54) is 11.1 Å². The minimum atomic E-state index is -0.0717. The molecule has 1 aromatic carbocycles. The van der Waals surface area contributed by atoms with Gasteiger partial charge in [-0.25, -0.2) is 0 Å². The molecule has 0 heterocycles. The highest BCUT2D eigenvalue weighted by Crippen LogP contribution is 2.16. The zero-order chi connectivity index (χ0) is 12.8. The molecule has 1 aromatic rings. The SMILES string of the molecule is CC[C@@H](C)NC(=O)COc1ccc(C)c(C)c1. The van der Waals surface area contributed by atoms with E-state index >= 15 is 0 Å². The van der Waals surface area contributed by atoms with Crippen molar-refractivity contribution in [3.63, 3.8) is 0 Å². The van der Waals surface area contributed by atoms with Gasteiger partial charge in [0.25, 0.3) is 5.91 Å². The lowest BCUT2D eigenvalue weighted by Crippen LogP contribution is -2.35. The number of rotatable bonds is 5. The van der Waals surface area contributed by atoms with Gasteiger partial charge in [-0.1, -0.05) is 13.0 Å². The molecule has 0 radical (unpaired) electrons. The number of carbonyl (C=O) groups excluding carboxylic acids is 1. The van der Waals surface area contributed by atoms with Crippen LogP contribution in [0.5, 0.6) is 5.75 Å². The molecule has 94 valence electrons. The van der Waals surface area contributed by atoms with Crippen LogP contribution in [0.25, 0.3) is 0 Å². The summed E-state index contributed by atoms with van der Waals surface area (Å²) in [5, 5.41) is 2.86. The zero-order valence-electron chi connectivity index (χ0n) is 11.0. The number of hydrogen-bond donors (Lipinski definition) is 1. The number of amides is 1. The van der Waals surface area contributed by atoms with Gasteiger partial charge in [-0.05, 0) is 50.5 Å². The van der Waals surface area contributed by atoms with Gasteiger partial charge in [0.05, 0.1) is 0 Å². The molecule has 0 aliphatic heterocycles. The number of benzene rings is 1. The van der Waals surface area contributed by atoms with Crippen LogP contribution in [0.1, 0.15) is 31.4 Å². The third kappa shape index (κ3) is 4.47. The first kappa shape index (κ1) is 13.6. The highest BCUT2D eigenvalue weighted by molar-refractivity contribution is 5.77. The number of hydrogen-bond acceptors (Lipinski definition) is 2. The number of carbonyl (C=O) groups is 1. The number of ether oxygens (including phenoxy) is 1. The second-order valence-electron chi connectivity index (χ2n) is 4.41. The van der Waals surface area contributed by atoms with E-state index in [-0.39, 0.29) is 18.6 Å². The molecular weight excluding hydrogens is 214 g/mol. The lowest BCUT2D eigenvalue weighted by Gasteiger charge is -2.12. The lowest BCUT2D eigenvalue weighted by molar-refractivity contribution is -0.123. The third-order valence-corrected chi connectivity index (χ3v) is 2.87. The van der Waals surface area contributed by atoms with Crippen LogP contribution in [0.3, 0.4) is 0 Å². The largest absolute Gasteiger partial charge is 0.484 e. The Morgan fingerprint density at radius 2 is 2.06 bits per heavy atom. The molecule has 0 spiro atoms. The first-order chi connectivity index (χ1) is 8.02. The van der Waals surface area contributed by atoms with E-state index in [9.17, 15) is 4.79 Å². The maximum Gasteiger partial charge on any atom is 0.258 e. The fraction of sp³-hybridized carbons (Fsp3) is 0.500. The summed E-state index contributed by atoms with van der Waals surface area (Å²) >= 11 is 0. The van der Waals surface area contributed by atoms with Crippen LogP contribution in [0.4, 0.5) is 0 Å². The Bertz CT molecular complexity index is 388. The van der Waals surface area contributed by atoms with E-state index in [1.54, 1.807) is 0 Å². The summed E-state index contributed by atoms with van der Waals surface area (Å²) in [6, 6.07) is 6.04. The molecule has 0 saturated heterocycles. The van der Waals surface area contributed by atoms with Crippen molar-refractivity contribution in [1.82, 2.24) is 5.32 Å². The predicted octanol–water partition coefficient (Wildman–Crippen LogP) is 2.60. The highest BCUT2D eigenvalue weighted by atomic mass is 16.5. The molecule has 0 fully saturated rings. The van der Waals surface area contributed by atoms with Gasteiger partial charge in [0, 0.05) is 6.04 Å². The molecule has 1 N–H and O–H groups in total. The molecule has 0 unspecified atom stereocenters. The summed E-state index contributed by atoms with van der Waals surface area (Å²) in [7, 11) is 0. The maximum absolute atomic E-state index is 11.5. The van der Waals surface area contributed by atoms with Crippen LogP contribution in [-0.4, -0.2) is 18.6 Å². The Morgan fingerprint density at radius 1 is 1.35 bits per heavy atom. The van der Waals surface area contributed by atoms with Crippen molar-refractivity contribution >= 4 is 5.91 Å². The van der Waals surface area contributed by atoms with Gasteiger partial charge in [-0.2, -0.15) is 0 Å². The third-order valence-electron chi connectivity index (χ3n) is 2.87. The second kappa shape index (κ2) is 6.28. The van der Waals surface area contributed by atoms with Gasteiger partial charge in [-0.15, -0.1) is 0 Å². The summed E-state index contributed by atoms with van der Waals surface area (Å²) in [6.07, 6.45) is 0.926. The van der Waals surface area contributed by atoms with E-state index < -0.39 is 0 Å². The van der Waals surface area contributed by atoms with E-state index in [1.807, 2.05) is 39.0 Å². The Hall–Kier alpha value is -1.51. The van der Waals surface area contributed by atoms with E-state index in [0.717, 1.165) is 12.2 Å². The van der Waals surface area contributed by atoms with Gasteiger partial charge >= 0.3 is 0 Å². The first-order valence-corrected chi connectivity index (χ1v) is 6.02. The van der Waals surface area contributed by atoms with Crippen LogP contribution in [0.2, 0.25) is 0 Å². The zero-order valence-corrected chi connectivity index (χ0v) is 11.0. The number of nitrogens with one attached hydrogen (secondary N) is 1. The molecule has 1 amide bonds. The van der Waals surface area contributed by atoms with Crippen LogP contribution >= 0.6 is 0 Å². The maximum atomic E-state index is 11.5. The lowest BCUT2D eigenvalue weighted by atomic mass is 10.1. The molecule has 17 heavy (non-hydrogen) atoms. The topological polar surface area (TPSA) is 38.3 Å². The molecule has 0 aromatic heterocycles. The van der Waals surface area contributed by atoms with Crippen molar-refractivity contribution in [2.75, 3.05) is 6.61 Å². The molecule has 3 nitrogen and oxygen atoms in total. The van der Waals surface area contributed by atoms with Crippen molar-refractivity contribution in [2.45, 2.75) is 40.2 Å². The Morgan fingerprint density at radius 3 is 2.65 bits per heavy atom.